The molecule has 0 bridgehead atoms. The van der Waals surface area contributed by atoms with E-state index in [9.17, 15) is 9.59 Å². The molecular formula is C22H26N4O2S. The number of imidazole rings is 1. The number of nitrogens with one attached hydrogen (secondary N) is 1. The van der Waals surface area contributed by atoms with Crippen molar-refractivity contribution in [3.8, 4) is 0 Å². The van der Waals surface area contributed by atoms with Gasteiger partial charge in [0.1, 0.15) is 12.4 Å². The number of fused-ring (bicyclic) bond motifs is 1. The Morgan fingerprint density at radius 3 is 2.48 bits per heavy atom. The van der Waals surface area contributed by atoms with E-state index in [-0.39, 0.29) is 24.9 Å². The van der Waals surface area contributed by atoms with Crippen molar-refractivity contribution in [2.45, 2.75) is 26.1 Å². The zero-order chi connectivity index (χ0) is 21.0. The van der Waals surface area contributed by atoms with E-state index in [4.69, 9.17) is 0 Å². The fourth-order valence-corrected chi connectivity index (χ4v) is 3.77. The lowest BCUT2D eigenvalue weighted by Crippen LogP contribution is -2.37. The summed E-state index contributed by atoms with van der Waals surface area (Å²) in [5.41, 5.74) is 4.61. The van der Waals surface area contributed by atoms with Gasteiger partial charge in [-0.2, -0.15) is 11.8 Å². The summed E-state index contributed by atoms with van der Waals surface area (Å²) in [4.78, 5) is 31.4. The van der Waals surface area contributed by atoms with E-state index in [1.165, 1.54) is 4.90 Å². The molecule has 0 radical (unpaired) electrons. The molecular weight excluding hydrogens is 384 g/mol. The first-order valence-corrected chi connectivity index (χ1v) is 10.8. The van der Waals surface area contributed by atoms with Gasteiger partial charge in [0.05, 0.1) is 23.3 Å². The van der Waals surface area contributed by atoms with Crippen LogP contribution in [0.25, 0.3) is 11.0 Å². The quantitative estimate of drug-likeness (QED) is 0.646. The van der Waals surface area contributed by atoms with Gasteiger partial charge in [-0.25, -0.2) is 4.98 Å². The summed E-state index contributed by atoms with van der Waals surface area (Å²) in [6.45, 7) is 4.06. The third kappa shape index (κ3) is 4.79. The lowest BCUT2D eigenvalue weighted by molar-refractivity contribution is -0.133. The van der Waals surface area contributed by atoms with E-state index in [0.717, 1.165) is 39.4 Å². The Bertz CT molecular complexity index is 1020. The molecule has 29 heavy (non-hydrogen) atoms. The van der Waals surface area contributed by atoms with Crippen LogP contribution >= 0.6 is 11.8 Å². The number of hydrogen-bond donors (Lipinski definition) is 1. The number of aromatic nitrogens is 2. The summed E-state index contributed by atoms with van der Waals surface area (Å²) in [5, 5.41) is 2.93. The molecule has 2 aromatic carbocycles. The van der Waals surface area contributed by atoms with Crippen LogP contribution in [0.4, 0.5) is 5.69 Å². The Labute approximate surface area is 175 Å². The fourth-order valence-electron chi connectivity index (χ4n) is 3.29. The van der Waals surface area contributed by atoms with Crippen LogP contribution in [0.5, 0.6) is 0 Å². The molecule has 1 aromatic heterocycles. The summed E-state index contributed by atoms with van der Waals surface area (Å²) < 4.78 is 1.94. The van der Waals surface area contributed by atoms with Crippen molar-refractivity contribution in [2.24, 2.45) is 0 Å². The number of nitrogens with zero attached hydrogens (tertiary/aromatic N) is 3. The minimum absolute atomic E-state index is 0.00288. The van der Waals surface area contributed by atoms with E-state index in [1.807, 2.05) is 67.1 Å². The number of likely N-dealkylation sites (N-methyl/N-ethyl adjacent to an activating group) is 1. The highest BCUT2D eigenvalue weighted by atomic mass is 32.2. The first-order valence-electron chi connectivity index (χ1n) is 9.43. The summed E-state index contributed by atoms with van der Waals surface area (Å²) >= 11 is 1.66. The van der Waals surface area contributed by atoms with Gasteiger partial charge in [0.25, 0.3) is 0 Å². The van der Waals surface area contributed by atoms with Gasteiger partial charge in [0.15, 0.2) is 0 Å². The Balaban J connectivity index is 1.70. The van der Waals surface area contributed by atoms with Crippen LogP contribution in [-0.4, -0.2) is 46.1 Å². The smallest absolute Gasteiger partial charge is 0.243 e. The Morgan fingerprint density at radius 1 is 1.10 bits per heavy atom. The molecule has 0 atom stereocenters. The summed E-state index contributed by atoms with van der Waals surface area (Å²) in [5.74, 6) is 1.24. The van der Waals surface area contributed by atoms with Gasteiger partial charge in [-0.1, -0.05) is 30.3 Å². The van der Waals surface area contributed by atoms with E-state index < -0.39 is 0 Å². The van der Waals surface area contributed by atoms with Crippen molar-refractivity contribution in [1.82, 2.24) is 14.5 Å². The van der Waals surface area contributed by atoms with Gasteiger partial charge < -0.3 is 14.8 Å². The predicted molar refractivity (Wildman–Crippen MR) is 119 cm³/mol. The maximum atomic E-state index is 12.8. The van der Waals surface area contributed by atoms with E-state index in [0.29, 0.717) is 0 Å². The van der Waals surface area contributed by atoms with Crippen molar-refractivity contribution in [3.05, 3.63) is 59.4 Å². The minimum Gasteiger partial charge on any atom is -0.335 e. The van der Waals surface area contributed by atoms with Gasteiger partial charge in [0.2, 0.25) is 11.8 Å². The number of para-hydroxylation sites is 3. The molecule has 1 N–H and O–H groups in total. The molecule has 7 heteroatoms. The highest BCUT2D eigenvalue weighted by molar-refractivity contribution is 7.97. The van der Waals surface area contributed by atoms with Crippen LogP contribution < -0.4 is 5.32 Å². The average Bonchev–Trinajstić information content (AvgIpc) is 3.02. The maximum Gasteiger partial charge on any atom is 0.243 e. The van der Waals surface area contributed by atoms with E-state index >= 15 is 0 Å². The molecule has 0 unspecified atom stereocenters. The topological polar surface area (TPSA) is 67.2 Å². The largest absolute Gasteiger partial charge is 0.335 e. The standard InChI is InChI=1S/C22H26N4O2S/c1-15-8-7-9-16(2)22(15)24-20(27)12-25(3)21(28)13-26-18-11-6-5-10-17(18)23-19(26)14-29-4/h5-11H,12-14H2,1-4H3,(H,24,27). The second-order valence-corrected chi connectivity index (χ2v) is 7.97. The van der Waals surface area contributed by atoms with Gasteiger partial charge in [0, 0.05) is 12.7 Å². The lowest BCUT2D eigenvalue weighted by atomic mass is 10.1. The Kier molecular flexibility index (Phi) is 6.59. The summed E-state index contributed by atoms with van der Waals surface area (Å²) in [7, 11) is 1.65. The fraction of sp³-hybridized carbons (Fsp3) is 0.318. The van der Waals surface area contributed by atoms with Crippen LogP contribution in [0.1, 0.15) is 17.0 Å². The van der Waals surface area contributed by atoms with Crippen molar-refractivity contribution in [1.29, 1.82) is 0 Å². The molecule has 0 saturated heterocycles. The highest BCUT2D eigenvalue weighted by Gasteiger charge is 2.18. The molecule has 0 aliphatic carbocycles. The molecule has 2 amide bonds. The molecule has 0 aliphatic heterocycles. The van der Waals surface area contributed by atoms with Crippen molar-refractivity contribution >= 4 is 40.3 Å². The van der Waals surface area contributed by atoms with E-state index in [1.54, 1.807) is 18.8 Å². The molecule has 1 heterocycles. The SMILES string of the molecule is CSCc1nc2ccccc2n1CC(=O)N(C)CC(=O)Nc1c(C)cccc1C. The van der Waals surface area contributed by atoms with Crippen LogP contribution in [-0.2, 0) is 21.9 Å². The maximum absolute atomic E-state index is 12.8. The number of benzene rings is 2. The third-order valence-electron chi connectivity index (χ3n) is 4.85. The average molecular weight is 411 g/mol. The number of amides is 2. The minimum atomic E-state index is -0.210. The molecule has 152 valence electrons. The van der Waals surface area contributed by atoms with Crippen molar-refractivity contribution < 1.29 is 9.59 Å². The zero-order valence-corrected chi connectivity index (χ0v) is 18.0. The molecule has 3 rings (SSSR count). The van der Waals surface area contributed by atoms with Crippen LogP contribution in [0.3, 0.4) is 0 Å². The van der Waals surface area contributed by atoms with Gasteiger partial charge in [-0.3, -0.25) is 9.59 Å². The number of aryl methyl sites for hydroxylation is 2. The second kappa shape index (κ2) is 9.13. The number of anilines is 1. The number of carbonyl (C=O) groups excluding carboxylic acids is 2. The number of rotatable bonds is 7. The first kappa shape index (κ1) is 20.9. The Hall–Kier alpha value is -2.80. The van der Waals surface area contributed by atoms with Gasteiger partial charge in [-0.15, -0.1) is 0 Å². The van der Waals surface area contributed by atoms with Crippen LogP contribution in [0.2, 0.25) is 0 Å². The molecule has 0 aliphatic rings. The zero-order valence-electron chi connectivity index (χ0n) is 17.2. The summed E-state index contributed by atoms with van der Waals surface area (Å²) in [6.07, 6.45) is 2.01. The predicted octanol–water partition coefficient (Wildman–Crippen LogP) is 3.61. The van der Waals surface area contributed by atoms with Crippen molar-refractivity contribution in [3.63, 3.8) is 0 Å². The second-order valence-electron chi connectivity index (χ2n) is 7.10. The van der Waals surface area contributed by atoms with E-state index in [2.05, 4.69) is 10.3 Å². The number of carbonyl (C=O) groups is 2. The van der Waals surface area contributed by atoms with Gasteiger partial charge in [-0.05, 0) is 43.4 Å². The normalized spacial score (nSPS) is 10.9. The Morgan fingerprint density at radius 2 is 1.79 bits per heavy atom. The van der Waals surface area contributed by atoms with Gasteiger partial charge >= 0.3 is 0 Å². The molecule has 3 aromatic rings. The van der Waals surface area contributed by atoms with Crippen LogP contribution in [0, 0.1) is 13.8 Å². The number of thioether (sulfide) groups is 1. The molecule has 0 spiro atoms. The molecule has 6 nitrogen and oxygen atoms in total. The highest BCUT2D eigenvalue weighted by Crippen LogP contribution is 2.20. The summed E-state index contributed by atoms with van der Waals surface area (Å²) in [6, 6.07) is 13.7. The molecule has 0 saturated carbocycles. The first-order chi connectivity index (χ1) is 13.9. The number of hydrogen-bond acceptors (Lipinski definition) is 4. The molecule has 0 fully saturated rings. The third-order valence-corrected chi connectivity index (χ3v) is 5.40. The monoisotopic (exact) mass is 410 g/mol. The lowest BCUT2D eigenvalue weighted by Gasteiger charge is -2.19. The van der Waals surface area contributed by atoms with Crippen molar-refractivity contribution in [2.75, 3.05) is 25.2 Å². The van der Waals surface area contributed by atoms with Crippen LogP contribution in [0.15, 0.2) is 42.5 Å².